The summed E-state index contributed by atoms with van der Waals surface area (Å²) in [5.74, 6) is -0.583. The van der Waals surface area contributed by atoms with E-state index in [1.165, 1.54) is 18.3 Å². The van der Waals surface area contributed by atoms with Crippen LogP contribution in [0.1, 0.15) is 0 Å². The summed E-state index contributed by atoms with van der Waals surface area (Å²) < 4.78 is 27.5. The van der Waals surface area contributed by atoms with Crippen LogP contribution in [0.3, 0.4) is 0 Å². The Kier molecular flexibility index (Phi) is 4.47. The molecule has 0 unspecified atom stereocenters. The maximum atomic E-state index is 13.7. The van der Waals surface area contributed by atoms with Crippen LogP contribution in [0.5, 0.6) is 0 Å². The molecule has 2 N–H and O–H groups in total. The molecule has 0 bridgehead atoms. The lowest BCUT2D eigenvalue weighted by Crippen LogP contribution is -2.01. The molecule has 0 atom stereocenters. The van der Waals surface area contributed by atoms with Gasteiger partial charge in [0, 0.05) is 16.7 Å². The van der Waals surface area contributed by atoms with Crippen molar-refractivity contribution < 1.29 is 8.78 Å². The summed E-state index contributed by atoms with van der Waals surface area (Å²) in [5, 5.41) is 5.85. The third kappa shape index (κ3) is 3.81. The number of rotatable bonds is 4. The zero-order valence-electron chi connectivity index (χ0n) is 11.7. The molecule has 23 heavy (non-hydrogen) atoms. The van der Waals surface area contributed by atoms with Crippen molar-refractivity contribution in [2.24, 2.45) is 0 Å². The fourth-order valence-corrected chi connectivity index (χ4v) is 2.28. The van der Waals surface area contributed by atoms with Gasteiger partial charge < -0.3 is 10.6 Å². The minimum atomic E-state index is -0.691. The number of benzene rings is 2. The smallest absolute Gasteiger partial charge is 0.229 e. The number of halogens is 3. The molecule has 0 saturated carbocycles. The lowest BCUT2D eigenvalue weighted by atomic mass is 10.3. The van der Waals surface area contributed by atoms with Crippen molar-refractivity contribution in [1.29, 1.82) is 0 Å². The maximum absolute atomic E-state index is 13.7. The molecule has 116 valence electrons. The Labute approximate surface area is 139 Å². The normalized spacial score (nSPS) is 10.4. The van der Waals surface area contributed by atoms with Crippen molar-refractivity contribution in [2.45, 2.75) is 0 Å². The van der Waals surface area contributed by atoms with Gasteiger partial charge in [0.05, 0.1) is 11.4 Å². The molecule has 2 aromatic carbocycles. The van der Waals surface area contributed by atoms with Crippen LogP contribution < -0.4 is 10.6 Å². The van der Waals surface area contributed by atoms with Crippen LogP contribution in [-0.4, -0.2) is 9.97 Å². The quantitative estimate of drug-likeness (QED) is 0.672. The molecule has 0 aliphatic carbocycles. The molecule has 1 heterocycles. The average Bonchev–Trinajstić information content (AvgIpc) is 2.53. The number of hydrogen-bond donors (Lipinski definition) is 2. The van der Waals surface area contributed by atoms with E-state index in [4.69, 9.17) is 0 Å². The summed E-state index contributed by atoms with van der Waals surface area (Å²) in [6.45, 7) is 0. The van der Waals surface area contributed by atoms with Gasteiger partial charge in [-0.2, -0.15) is 4.98 Å². The van der Waals surface area contributed by atoms with Gasteiger partial charge in [0.2, 0.25) is 5.95 Å². The topological polar surface area (TPSA) is 49.8 Å². The third-order valence-corrected chi connectivity index (χ3v) is 3.66. The molecule has 0 spiro atoms. The fourth-order valence-electron chi connectivity index (χ4n) is 1.90. The average molecular weight is 377 g/mol. The standard InChI is InChI=1S/C16H11BrF2N4/c17-11-3-1-2-4-13(11)22-16-20-8-7-15(23-16)21-14-6-5-10(18)9-12(14)19/h1-9H,(H2,20,21,22,23). The Bertz CT molecular complexity index is 842. The predicted octanol–water partition coefficient (Wildman–Crippen LogP) is 5.00. The van der Waals surface area contributed by atoms with Gasteiger partial charge >= 0.3 is 0 Å². The van der Waals surface area contributed by atoms with Gasteiger partial charge in [-0.05, 0) is 46.3 Å². The van der Waals surface area contributed by atoms with E-state index in [9.17, 15) is 8.78 Å². The van der Waals surface area contributed by atoms with Crippen LogP contribution in [-0.2, 0) is 0 Å². The highest BCUT2D eigenvalue weighted by atomic mass is 79.9. The fraction of sp³-hybridized carbons (Fsp3) is 0. The molecule has 0 saturated heterocycles. The monoisotopic (exact) mass is 376 g/mol. The van der Waals surface area contributed by atoms with Gasteiger partial charge in [-0.1, -0.05) is 12.1 Å². The summed E-state index contributed by atoms with van der Waals surface area (Å²) in [7, 11) is 0. The van der Waals surface area contributed by atoms with Crippen molar-refractivity contribution in [3.63, 3.8) is 0 Å². The molecule has 7 heteroatoms. The Morgan fingerprint density at radius 2 is 1.74 bits per heavy atom. The first kappa shape index (κ1) is 15.4. The number of para-hydroxylation sites is 1. The third-order valence-electron chi connectivity index (χ3n) is 2.97. The van der Waals surface area contributed by atoms with Gasteiger partial charge in [0.1, 0.15) is 17.5 Å². The first-order valence-corrected chi connectivity index (χ1v) is 7.48. The Balaban J connectivity index is 1.81. The van der Waals surface area contributed by atoms with Gasteiger partial charge in [0.15, 0.2) is 0 Å². The van der Waals surface area contributed by atoms with Gasteiger partial charge in [-0.15, -0.1) is 0 Å². The van der Waals surface area contributed by atoms with Crippen molar-refractivity contribution in [2.75, 3.05) is 10.6 Å². The van der Waals surface area contributed by atoms with Crippen LogP contribution in [0.15, 0.2) is 59.2 Å². The van der Waals surface area contributed by atoms with E-state index in [2.05, 4.69) is 36.5 Å². The summed E-state index contributed by atoms with van der Waals surface area (Å²) in [6, 6.07) is 12.4. The second-order valence-electron chi connectivity index (χ2n) is 4.62. The molecular formula is C16H11BrF2N4. The number of nitrogens with zero attached hydrogens (tertiary/aromatic N) is 2. The summed E-state index contributed by atoms with van der Waals surface area (Å²) in [6.07, 6.45) is 1.54. The van der Waals surface area contributed by atoms with Gasteiger partial charge in [-0.3, -0.25) is 0 Å². The van der Waals surface area contributed by atoms with Gasteiger partial charge in [0.25, 0.3) is 0 Å². The lowest BCUT2D eigenvalue weighted by molar-refractivity contribution is 0.586. The molecule has 0 aliphatic rings. The number of hydrogen-bond acceptors (Lipinski definition) is 4. The second-order valence-corrected chi connectivity index (χ2v) is 5.47. The highest BCUT2D eigenvalue weighted by molar-refractivity contribution is 9.10. The lowest BCUT2D eigenvalue weighted by Gasteiger charge is -2.10. The van der Waals surface area contributed by atoms with E-state index >= 15 is 0 Å². The van der Waals surface area contributed by atoms with Crippen LogP contribution in [0.4, 0.5) is 31.9 Å². The van der Waals surface area contributed by atoms with Crippen molar-refractivity contribution in [3.05, 3.63) is 70.8 Å². The highest BCUT2D eigenvalue weighted by Crippen LogP contribution is 2.25. The molecule has 4 nitrogen and oxygen atoms in total. The summed E-state index contributed by atoms with van der Waals surface area (Å²) >= 11 is 3.42. The number of nitrogens with one attached hydrogen (secondary N) is 2. The minimum absolute atomic E-state index is 0.136. The van der Waals surface area contributed by atoms with Crippen molar-refractivity contribution in [1.82, 2.24) is 9.97 Å². The molecule has 3 rings (SSSR count). The molecule has 0 fully saturated rings. The zero-order valence-corrected chi connectivity index (χ0v) is 13.3. The van der Waals surface area contributed by atoms with Crippen LogP contribution in [0.25, 0.3) is 0 Å². The van der Waals surface area contributed by atoms with Gasteiger partial charge in [-0.25, -0.2) is 13.8 Å². The number of aromatic nitrogens is 2. The Morgan fingerprint density at radius 1 is 0.913 bits per heavy atom. The van der Waals surface area contributed by atoms with E-state index in [0.717, 1.165) is 16.2 Å². The van der Waals surface area contributed by atoms with Crippen LogP contribution >= 0.6 is 15.9 Å². The molecule has 0 aliphatic heterocycles. The minimum Gasteiger partial charge on any atom is -0.338 e. The molecule has 0 amide bonds. The highest BCUT2D eigenvalue weighted by Gasteiger charge is 2.06. The van der Waals surface area contributed by atoms with Crippen LogP contribution in [0, 0.1) is 11.6 Å². The zero-order chi connectivity index (χ0) is 16.2. The molecule has 3 aromatic rings. The number of anilines is 4. The Hall–Kier alpha value is -2.54. The van der Waals surface area contributed by atoms with E-state index in [0.29, 0.717) is 11.8 Å². The SMILES string of the molecule is Fc1ccc(Nc2ccnc(Nc3ccccc3Br)n2)c(F)c1. The maximum Gasteiger partial charge on any atom is 0.229 e. The molecular weight excluding hydrogens is 366 g/mol. The largest absolute Gasteiger partial charge is 0.338 e. The van der Waals surface area contributed by atoms with E-state index in [1.54, 1.807) is 6.07 Å². The summed E-state index contributed by atoms with van der Waals surface area (Å²) in [4.78, 5) is 8.37. The van der Waals surface area contributed by atoms with Crippen LogP contribution in [0.2, 0.25) is 0 Å². The van der Waals surface area contributed by atoms with Crippen molar-refractivity contribution in [3.8, 4) is 0 Å². The van der Waals surface area contributed by atoms with E-state index in [-0.39, 0.29) is 5.69 Å². The molecule has 0 radical (unpaired) electrons. The van der Waals surface area contributed by atoms with E-state index < -0.39 is 11.6 Å². The first-order chi connectivity index (χ1) is 11.1. The predicted molar refractivity (Wildman–Crippen MR) is 89.1 cm³/mol. The summed E-state index contributed by atoms with van der Waals surface area (Å²) in [5.41, 5.74) is 0.939. The second kappa shape index (κ2) is 6.70. The van der Waals surface area contributed by atoms with Crippen molar-refractivity contribution >= 4 is 39.1 Å². The molecule has 1 aromatic heterocycles. The Morgan fingerprint density at radius 3 is 2.52 bits per heavy atom. The first-order valence-electron chi connectivity index (χ1n) is 6.68. The van der Waals surface area contributed by atoms with E-state index in [1.807, 2.05) is 24.3 Å².